The molecule has 1 aliphatic rings. The second-order valence-corrected chi connectivity index (χ2v) is 7.14. The van der Waals surface area contributed by atoms with Crippen LogP contribution >= 0.6 is 0 Å². The van der Waals surface area contributed by atoms with Gasteiger partial charge in [0.2, 0.25) is 5.91 Å². The summed E-state index contributed by atoms with van der Waals surface area (Å²) in [5.74, 6) is -0.138. The molecule has 0 spiro atoms. The van der Waals surface area contributed by atoms with Gasteiger partial charge in [0.25, 0.3) is 5.56 Å². The Morgan fingerprint density at radius 1 is 1.04 bits per heavy atom. The van der Waals surface area contributed by atoms with Gasteiger partial charge in [0.1, 0.15) is 6.54 Å². The van der Waals surface area contributed by atoms with E-state index in [-0.39, 0.29) is 18.5 Å². The molecule has 2 heterocycles. The largest absolute Gasteiger partial charge is 0.332 e. The first-order valence-corrected chi connectivity index (χ1v) is 9.29. The number of amides is 1. The molecule has 1 unspecified atom stereocenters. The maximum atomic E-state index is 13.2. The molecule has 4 rings (SSSR count). The number of piperazine rings is 1. The van der Waals surface area contributed by atoms with Crippen LogP contribution in [0.3, 0.4) is 0 Å². The zero-order valence-electron chi connectivity index (χ0n) is 15.7. The van der Waals surface area contributed by atoms with E-state index in [9.17, 15) is 14.4 Å². The predicted octanol–water partition coefficient (Wildman–Crippen LogP) is 1.21. The van der Waals surface area contributed by atoms with Crippen molar-refractivity contribution in [3.05, 3.63) is 81.0 Å². The Kier molecular flexibility index (Phi) is 4.83. The van der Waals surface area contributed by atoms with Gasteiger partial charge >= 0.3 is 5.69 Å². The number of benzene rings is 2. The molecule has 1 fully saturated rings. The highest BCUT2D eigenvalue weighted by molar-refractivity contribution is 5.82. The number of rotatable bonds is 3. The number of fused-ring (bicyclic) bond motifs is 1. The topological polar surface area (TPSA) is 78.4 Å². The second-order valence-electron chi connectivity index (χ2n) is 7.14. The zero-order chi connectivity index (χ0) is 19.7. The summed E-state index contributed by atoms with van der Waals surface area (Å²) in [4.78, 5) is 44.0. The number of hydrogen-bond acceptors (Lipinski definition) is 4. The van der Waals surface area contributed by atoms with Gasteiger partial charge in [0.05, 0.1) is 16.9 Å². The molecule has 2 aromatic carbocycles. The van der Waals surface area contributed by atoms with E-state index in [1.165, 1.54) is 4.57 Å². The van der Waals surface area contributed by atoms with E-state index in [2.05, 4.69) is 9.88 Å². The van der Waals surface area contributed by atoms with Crippen molar-refractivity contribution in [2.45, 2.75) is 12.6 Å². The van der Waals surface area contributed by atoms with E-state index in [4.69, 9.17) is 0 Å². The number of nitrogens with one attached hydrogen (secondary N) is 1. The zero-order valence-corrected chi connectivity index (χ0v) is 15.7. The van der Waals surface area contributed by atoms with Crippen LogP contribution in [0, 0.1) is 0 Å². The van der Waals surface area contributed by atoms with Crippen LogP contribution in [0.1, 0.15) is 11.6 Å². The molecule has 144 valence electrons. The molecular weight excluding hydrogens is 356 g/mol. The van der Waals surface area contributed by atoms with Crippen LogP contribution in [0.2, 0.25) is 0 Å². The van der Waals surface area contributed by atoms with Gasteiger partial charge < -0.3 is 9.80 Å². The SMILES string of the molecule is CN1CCN(C(=O)Cn2c(=O)[nH]c(=O)c3ccccc32)C(c2ccccc2)C1. The molecule has 1 aromatic heterocycles. The van der Waals surface area contributed by atoms with Gasteiger partial charge in [-0.1, -0.05) is 42.5 Å². The number of carbonyl (C=O) groups is 1. The average molecular weight is 378 g/mol. The van der Waals surface area contributed by atoms with Crippen LogP contribution in [0.15, 0.2) is 64.2 Å². The summed E-state index contributed by atoms with van der Waals surface area (Å²) in [7, 11) is 2.04. The lowest BCUT2D eigenvalue weighted by molar-refractivity contribution is -0.136. The number of aromatic amines is 1. The Labute approximate surface area is 161 Å². The van der Waals surface area contributed by atoms with Crippen molar-refractivity contribution in [2.24, 2.45) is 0 Å². The summed E-state index contributed by atoms with van der Waals surface area (Å²) in [6.07, 6.45) is 0. The van der Waals surface area contributed by atoms with Crippen molar-refractivity contribution in [2.75, 3.05) is 26.7 Å². The standard InChI is InChI=1S/C21H22N4O3/c1-23-11-12-24(18(13-23)15-7-3-2-4-8-15)19(26)14-25-17-10-6-5-9-16(17)20(27)22-21(25)28/h2-10,18H,11-14H2,1H3,(H,22,27,28). The van der Waals surface area contributed by atoms with Gasteiger partial charge in [-0.05, 0) is 24.7 Å². The molecule has 0 saturated carbocycles. The molecule has 1 amide bonds. The third-order valence-electron chi connectivity index (χ3n) is 5.29. The summed E-state index contributed by atoms with van der Waals surface area (Å²) < 4.78 is 1.35. The number of H-pyrrole nitrogens is 1. The Morgan fingerprint density at radius 2 is 1.75 bits per heavy atom. The van der Waals surface area contributed by atoms with Gasteiger partial charge in [0.15, 0.2) is 0 Å². The molecule has 0 bridgehead atoms. The Morgan fingerprint density at radius 3 is 2.54 bits per heavy atom. The smallest absolute Gasteiger partial charge is 0.329 e. The maximum absolute atomic E-state index is 13.2. The van der Waals surface area contributed by atoms with E-state index in [1.807, 2.05) is 42.3 Å². The van der Waals surface area contributed by atoms with Crippen LogP contribution < -0.4 is 11.2 Å². The highest BCUT2D eigenvalue weighted by atomic mass is 16.2. The molecule has 7 nitrogen and oxygen atoms in total. The second kappa shape index (κ2) is 7.44. The molecule has 0 radical (unpaired) electrons. The number of likely N-dealkylation sites (N-methyl/N-ethyl adjacent to an activating group) is 1. The first-order chi connectivity index (χ1) is 13.5. The van der Waals surface area contributed by atoms with Crippen molar-refractivity contribution >= 4 is 16.8 Å². The van der Waals surface area contributed by atoms with Gasteiger partial charge in [-0.25, -0.2) is 4.79 Å². The summed E-state index contributed by atoms with van der Waals surface area (Å²) in [6, 6.07) is 16.7. The molecule has 1 aliphatic heterocycles. The number of para-hydroxylation sites is 1. The minimum atomic E-state index is -0.567. The van der Waals surface area contributed by atoms with Gasteiger partial charge in [0, 0.05) is 19.6 Å². The fourth-order valence-corrected chi connectivity index (χ4v) is 3.80. The third kappa shape index (κ3) is 3.36. The minimum Gasteiger partial charge on any atom is -0.332 e. The highest BCUT2D eigenvalue weighted by Gasteiger charge is 2.30. The monoisotopic (exact) mass is 378 g/mol. The molecule has 28 heavy (non-hydrogen) atoms. The first-order valence-electron chi connectivity index (χ1n) is 9.29. The van der Waals surface area contributed by atoms with Gasteiger partial charge in [-0.2, -0.15) is 0 Å². The van der Waals surface area contributed by atoms with E-state index in [0.717, 1.165) is 18.7 Å². The minimum absolute atomic E-state index is 0.0721. The normalized spacial score (nSPS) is 17.8. The molecule has 0 aliphatic carbocycles. The Balaban J connectivity index is 1.69. The van der Waals surface area contributed by atoms with Crippen molar-refractivity contribution in [3.63, 3.8) is 0 Å². The fraction of sp³-hybridized carbons (Fsp3) is 0.286. The Hall–Kier alpha value is -3.19. The molecule has 3 aromatic rings. The highest BCUT2D eigenvalue weighted by Crippen LogP contribution is 2.25. The molecule has 1 atom stereocenters. The van der Waals surface area contributed by atoms with E-state index in [1.54, 1.807) is 24.3 Å². The van der Waals surface area contributed by atoms with Crippen molar-refractivity contribution < 1.29 is 4.79 Å². The van der Waals surface area contributed by atoms with Crippen molar-refractivity contribution in [1.82, 2.24) is 19.4 Å². The third-order valence-corrected chi connectivity index (χ3v) is 5.29. The maximum Gasteiger partial charge on any atom is 0.329 e. The quantitative estimate of drug-likeness (QED) is 0.743. The Bertz CT molecular complexity index is 1120. The predicted molar refractivity (Wildman–Crippen MR) is 107 cm³/mol. The van der Waals surface area contributed by atoms with E-state index < -0.39 is 11.2 Å². The first kappa shape index (κ1) is 18.2. The lowest BCUT2D eigenvalue weighted by Crippen LogP contribution is -2.50. The van der Waals surface area contributed by atoms with E-state index >= 15 is 0 Å². The summed E-state index contributed by atoms with van der Waals surface area (Å²) >= 11 is 0. The molecule has 1 saturated heterocycles. The van der Waals surface area contributed by atoms with Crippen LogP contribution in [0.4, 0.5) is 0 Å². The van der Waals surface area contributed by atoms with Gasteiger partial charge in [-0.15, -0.1) is 0 Å². The van der Waals surface area contributed by atoms with Crippen molar-refractivity contribution in [1.29, 1.82) is 0 Å². The van der Waals surface area contributed by atoms with E-state index in [0.29, 0.717) is 17.4 Å². The van der Waals surface area contributed by atoms with Gasteiger partial charge in [-0.3, -0.25) is 19.1 Å². The number of hydrogen-bond donors (Lipinski definition) is 1. The van der Waals surface area contributed by atoms with Crippen molar-refractivity contribution in [3.8, 4) is 0 Å². The number of nitrogens with zero attached hydrogens (tertiary/aromatic N) is 3. The number of aromatic nitrogens is 2. The van der Waals surface area contributed by atoms with Crippen LogP contribution in [0.25, 0.3) is 10.9 Å². The summed E-state index contributed by atoms with van der Waals surface area (Å²) in [5, 5.41) is 0.396. The van der Waals surface area contributed by atoms with Crippen LogP contribution in [0.5, 0.6) is 0 Å². The summed E-state index contributed by atoms with van der Waals surface area (Å²) in [5.41, 5.74) is 0.532. The lowest BCUT2D eigenvalue weighted by Gasteiger charge is -2.40. The molecule has 7 heteroatoms. The fourth-order valence-electron chi connectivity index (χ4n) is 3.80. The number of carbonyl (C=O) groups excluding carboxylic acids is 1. The van der Waals surface area contributed by atoms with Crippen LogP contribution in [-0.4, -0.2) is 51.9 Å². The summed E-state index contributed by atoms with van der Waals surface area (Å²) in [6.45, 7) is 1.99. The molecule has 1 N–H and O–H groups in total. The lowest BCUT2D eigenvalue weighted by atomic mass is 10.0. The molecular formula is C21H22N4O3. The average Bonchev–Trinajstić information content (AvgIpc) is 2.71. The van der Waals surface area contributed by atoms with Crippen LogP contribution in [-0.2, 0) is 11.3 Å².